The zero-order valence-corrected chi connectivity index (χ0v) is 13.4. The first kappa shape index (κ1) is 15.2. The minimum Gasteiger partial charge on any atom is -0.494 e. The average Bonchev–Trinajstić information content (AvgIpc) is 3.04. The van der Waals surface area contributed by atoms with Crippen LogP contribution >= 0.6 is 11.8 Å². The fourth-order valence-corrected chi connectivity index (χ4v) is 4.15. The van der Waals surface area contributed by atoms with Gasteiger partial charge in [0, 0.05) is 12.3 Å². The Morgan fingerprint density at radius 1 is 1.41 bits per heavy atom. The molecule has 2 fully saturated rings. The Hall–Kier alpha value is -1.69. The van der Waals surface area contributed by atoms with E-state index in [1.54, 1.807) is 11.8 Å². The highest BCUT2D eigenvalue weighted by Gasteiger charge is 2.52. The van der Waals surface area contributed by atoms with Gasteiger partial charge in [-0.3, -0.25) is 9.69 Å². The summed E-state index contributed by atoms with van der Waals surface area (Å²) >= 11 is 1.72. The second-order valence-corrected chi connectivity index (χ2v) is 6.90. The molecule has 3 amide bonds. The van der Waals surface area contributed by atoms with Gasteiger partial charge >= 0.3 is 6.03 Å². The lowest BCUT2D eigenvalue weighted by atomic mass is 9.99. The molecule has 5 nitrogen and oxygen atoms in total. The van der Waals surface area contributed by atoms with Gasteiger partial charge in [-0.1, -0.05) is 12.1 Å². The quantitative estimate of drug-likeness (QED) is 0.667. The number of nitrogens with zero attached hydrogens (tertiary/aromatic N) is 1. The maximum atomic E-state index is 12.4. The average molecular weight is 320 g/mol. The number of rotatable bonds is 5. The van der Waals surface area contributed by atoms with Crippen LogP contribution < -0.4 is 10.1 Å². The zero-order valence-electron chi connectivity index (χ0n) is 12.6. The molecule has 0 aromatic heterocycles. The normalized spacial score (nSPS) is 24.1. The summed E-state index contributed by atoms with van der Waals surface area (Å²) in [6.45, 7) is 2.91. The Bertz CT molecular complexity index is 585. The molecule has 0 radical (unpaired) electrons. The predicted octanol–water partition coefficient (Wildman–Crippen LogP) is 2.19. The lowest BCUT2D eigenvalue weighted by molar-refractivity contribution is -0.130. The molecule has 0 bridgehead atoms. The largest absolute Gasteiger partial charge is 0.494 e. The van der Waals surface area contributed by atoms with E-state index in [0.29, 0.717) is 25.3 Å². The first-order chi connectivity index (χ1) is 10.6. The highest BCUT2D eigenvalue weighted by molar-refractivity contribution is 7.99. The summed E-state index contributed by atoms with van der Waals surface area (Å²) < 4.78 is 5.66. The lowest BCUT2D eigenvalue weighted by Gasteiger charge is -2.19. The number of thioether (sulfide) groups is 1. The molecule has 1 aromatic carbocycles. The molecule has 2 aliphatic heterocycles. The first-order valence-corrected chi connectivity index (χ1v) is 8.68. The number of carbonyl (C=O) groups excluding carboxylic acids is 2. The van der Waals surface area contributed by atoms with E-state index < -0.39 is 5.54 Å². The van der Waals surface area contributed by atoms with Crippen LogP contribution in [0.2, 0.25) is 0 Å². The summed E-state index contributed by atoms with van der Waals surface area (Å²) in [5.41, 5.74) is 0.506. The van der Waals surface area contributed by atoms with E-state index in [2.05, 4.69) is 5.32 Å². The number of urea groups is 1. The fourth-order valence-electron chi connectivity index (χ4n) is 2.83. The minimum atomic E-state index is -0.640. The van der Waals surface area contributed by atoms with Gasteiger partial charge < -0.3 is 10.1 Å². The van der Waals surface area contributed by atoms with E-state index >= 15 is 0 Å². The standard InChI is InChI=1S/C16H20N2O3S/c1-12-4-2-5-13(10-12)21-8-3-7-18-14(19)16(17-15(18)20)6-9-22-11-16/h2,4-5,10H,3,6-9,11H2,1H3,(H,17,20)/t16-/m0/s1. The molecule has 0 unspecified atom stereocenters. The van der Waals surface area contributed by atoms with Crippen LogP contribution in [-0.2, 0) is 4.79 Å². The van der Waals surface area contributed by atoms with Crippen LogP contribution in [-0.4, -0.2) is 47.0 Å². The number of carbonyl (C=O) groups is 2. The molecule has 118 valence electrons. The van der Waals surface area contributed by atoms with Crippen molar-refractivity contribution in [2.75, 3.05) is 24.7 Å². The van der Waals surface area contributed by atoms with Crippen molar-refractivity contribution in [3.05, 3.63) is 29.8 Å². The van der Waals surface area contributed by atoms with E-state index in [-0.39, 0.29) is 11.9 Å². The Kier molecular flexibility index (Phi) is 4.29. The molecule has 1 atom stereocenters. The summed E-state index contributed by atoms with van der Waals surface area (Å²) in [6, 6.07) is 7.58. The second kappa shape index (κ2) is 6.20. The highest BCUT2D eigenvalue weighted by atomic mass is 32.2. The van der Waals surface area contributed by atoms with Crippen molar-refractivity contribution in [3.8, 4) is 5.75 Å². The molecule has 1 aromatic rings. The van der Waals surface area contributed by atoms with Crippen molar-refractivity contribution >= 4 is 23.7 Å². The summed E-state index contributed by atoms with van der Waals surface area (Å²) in [6.07, 6.45) is 1.37. The van der Waals surface area contributed by atoms with Crippen LogP contribution in [0.3, 0.4) is 0 Å². The Balaban J connectivity index is 1.49. The van der Waals surface area contributed by atoms with Gasteiger partial charge in [0.2, 0.25) is 0 Å². The van der Waals surface area contributed by atoms with Gasteiger partial charge in [-0.05, 0) is 43.2 Å². The number of amides is 3. The number of ether oxygens (including phenoxy) is 1. The first-order valence-electron chi connectivity index (χ1n) is 7.52. The van der Waals surface area contributed by atoms with Crippen molar-refractivity contribution in [1.82, 2.24) is 10.2 Å². The van der Waals surface area contributed by atoms with E-state index in [1.165, 1.54) is 4.90 Å². The van der Waals surface area contributed by atoms with E-state index in [9.17, 15) is 9.59 Å². The predicted molar refractivity (Wildman–Crippen MR) is 86.2 cm³/mol. The fraction of sp³-hybridized carbons (Fsp3) is 0.500. The van der Waals surface area contributed by atoms with Crippen LogP contribution in [0.15, 0.2) is 24.3 Å². The molecule has 1 N–H and O–H groups in total. The molecular weight excluding hydrogens is 300 g/mol. The van der Waals surface area contributed by atoms with Gasteiger partial charge in [-0.2, -0.15) is 11.8 Å². The van der Waals surface area contributed by atoms with Crippen molar-refractivity contribution in [2.45, 2.75) is 25.3 Å². The number of nitrogens with one attached hydrogen (secondary N) is 1. The molecule has 6 heteroatoms. The third kappa shape index (κ3) is 2.92. The third-order valence-corrected chi connectivity index (χ3v) is 5.24. The molecule has 2 heterocycles. The maximum absolute atomic E-state index is 12.4. The minimum absolute atomic E-state index is 0.0712. The van der Waals surface area contributed by atoms with Gasteiger partial charge in [-0.25, -0.2) is 4.79 Å². The topological polar surface area (TPSA) is 58.6 Å². The zero-order chi connectivity index (χ0) is 15.6. The lowest BCUT2D eigenvalue weighted by Crippen LogP contribution is -2.47. The van der Waals surface area contributed by atoms with Crippen LogP contribution in [0.1, 0.15) is 18.4 Å². The van der Waals surface area contributed by atoms with Crippen LogP contribution in [0, 0.1) is 6.92 Å². The number of benzene rings is 1. The molecule has 3 rings (SSSR count). The molecule has 0 saturated carbocycles. The summed E-state index contributed by atoms with van der Waals surface area (Å²) in [7, 11) is 0. The molecular formula is C16H20N2O3S. The Labute approximate surface area is 134 Å². The SMILES string of the molecule is Cc1cccc(OCCCN2C(=O)N[C@]3(CCSC3)C2=O)c1. The number of imide groups is 1. The molecule has 22 heavy (non-hydrogen) atoms. The van der Waals surface area contributed by atoms with Gasteiger partial charge in [0.15, 0.2) is 0 Å². The number of aryl methyl sites for hydroxylation is 1. The molecule has 2 aliphatic rings. The smallest absolute Gasteiger partial charge is 0.325 e. The van der Waals surface area contributed by atoms with E-state index in [1.807, 2.05) is 31.2 Å². The van der Waals surface area contributed by atoms with Crippen molar-refractivity contribution in [2.24, 2.45) is 0 Å². The van der Waals surface area contributed by atoms with Crippen LogP contribution in [0.5, 0.6) is 5.75 Å². The Morgan fingerprint density at radius 2 is 2.27 bits per heavy atom. The summed E-state index contributed by atoms with van der Waals surface area (Å²) in [4.78, 5) is 25.8. The van der Waals surface area contributed by atoms with Crippen LogP contribution in [0.25, 0.3) is 0 Å². The Morgan fingerprint density at radius 3 is 3.00 bits per heavy atom. The monoisotopic (exact) mass is 320 g/mol. The molecule has 1 spiro atoms. The van der Waals surface area contributed by atoms with Gasteiger partial charge in [-0.15, -0.1) is 0 Å². The summed E-state index contributed by atoms with van der Waals surface area (Å²) in [5.74, 6) is 2.36. The summed E-state index contributed by atoms with van der Waals surface area (Å²) in [5, 5.41) is 2.87. The third-order valence-electron chi connectivity index (χ3n) is 4.05. The number of hydrogen-bond acceptors (Lipinski definition) is 4. The van der Waals surface area contributed by atoms with Crippen molar-refractivity contribution < 1.29 is 14.3 Å². The van der Waals surface area contributed by atoms with Gasteiger partial charge in [0.25, 0.3) is 5.91 Å². The molecule has 2 saturated heterocycles. The van der Waals surface area contributed by atoms with Gasteiger partial charge in [0.05, 0.1) is 6.61 Å². The highest BCUT2D eigenvalue weighted by Crippen LogP contribution is 2.33. The second-order valence-electron chi connectivity index (χ2n) is 5.79. The van der Waals surface area contributed by atoms with Gasteiger partial charge in [0.1, 0.15) is 11.3 Å². The van der Waals surface area contributed by atoms with Crippen LogP contribution in [0.4, 0.5) is 4.79 Å². The molecule has 0 aliphatic carbocycles. The van der Waals surface area contributed by atoms with E-state index in [4.69, 9.17) is 4.74 Å². The van der Waals surface area contributed by atoms with Crippen molar-refractivity contribution in [1.29, 1.82) is 0 Å². The van der Waals surface area contributed by atoms with Crippen molar-refractivity contribution in [3.63, 3.8) is 0 Å². The maximum Gasteiger partial charge on any atom is 0.325 e. The number of hydrogen-bond donors (Lipinski definition) is 1. The van der Waals surface area contributed by atoms with E-state index in [0.717, 1.165) is 23.5 Å².